The Morgan fingerprint density at radius 2 is 1.85 bits per heavy atom. The van der Waals surface area contributed by atoms with Crippen molar-refractivity contribution in [3.63, 3.8) is 0 Å². The molecule has 3 rings (SSSR count). The fourth-order valence-electron chi connectivity index (χ4n) is 2.36. The number of amides is 1. The standard InChI is InChI=1S/C17H16N2O/c20-17(19-14-6-2-1-3-7-14)10-9-13-5-4-8-16-15(13)11-12-18-16/h1-8,11-12,18H,9-10H2,(H,19,20). The number of aromatic amines is 1. The van der Waals surface area contributed by atoms with Gasteiger partial charge in [-0.05, 0) is 36.2 Å². The van der Waals surface area contributed by atoms with Crippen molar-refractivity contribution in [3.8, 4) is 0 Å². The molecule has 20 heavy (non-hydrogen) atoms. The molecule has 0 aliphatic heterocycles. The molecule has 1 aromatic heterocycles. The molecule has 0 fully saturated rings. The summed E-state index contributed by atoms with van der Waals surface area (Å²) in [5.74, 6) is 0.0451. The second-order valence-electron chi connectivity index (χ2n) is 4.77. The summed E-state index contributed by atoms with van der Waals surface area (Å²) in [4.78, 5) is 15.1. The van der Waals surface area contributed by atoms with E-state index < -0.39 is 0 Å². The number of anilines is 1. The van der Waals surface area contributed by atoms with Crippen LogP contribution in [0.1, 0.15) is 12.0 Å². The van der Waals surface area contributed by atoms with E-state index in [1.165, 1.54) is 10.9 Å². The quantitative estimate of drug-likeness (QED) is 0.740. The van der Waals surface area contributed by atoms with Crippen molar-refractivity contribution in [1.29, 1.82) is 0 Å². The SMILES string of the molecule is O=C(CCc1cccc2[nH]ccc12)Nc1ccccc1. The minimum absolute atomic E-state index is 0.0451. The number of para-hydroxylation sites is 1. The smallest absolute Gasteiger partial charge is 0.224 e. The lowest BCUT2D eigenvalue weighted by atomic mass is 10.1. The Bertz CT molecular complexity index is 716. The Morgan fingerprint density at radius 1 is 1.00 bits per heavy atom. The van der Waals surface area contributed by atoms with Crippen LogP contribution in [0.2, 0.25) is 0 Å². The third-order valence-corrected chi connectivity index (χ3v) is 3.36. The molecule has 0 saturated carbocycles. The van der Waals surface area contributed by atoms with E-state index in [0.717, 1.165) is 17.6 Å². The fraction of sp³-hybridized carbons (Fsp3) is 0.118. The number of carbonyl (C=O) groups excluding carboxylic acids is 1. The lowest BCUT2D eigenvalue weighted by Gasteiger charge is -2.06. The fourth-order valence-corrected chi connectivity index (χ4v) is 2.36. The molecule has 0 saturated heterocycles. The Kier molecular flexibility index (Phi) is 3.50. The van der Waals surface area contributed by atoms with Crippen LogP contribution in [0.25, 0.3) is 10.9 Å². The topological polar surface area (TPSA) is 44.9 Å². The number of H-pyrrole nitrogens is 1. The first-order valence-electron chi connectivity index (χ1n) is 6.73. The molecule has 2 N–H and O–H groups in total. The van der Waals surface area contributed by atoms with E-state index in [0.29, 0.717) is 6.42 Å². The van der Waals surface area contributed by atoms with E-state index in [1.807, 2.05) is 48.7 Å². The molecule has 0 aliphatic carbocycles. The predicted octanol–water partition coefficient (Wildman–Crippen LogP) is 3.74. The van der Waals surface area contributed by atoms with Crippen LogP contribution in [0, 0.1) is 0 Å². The molecular formula is C17H16N2O. The molecule has 0 unspecified atom stereocenters. The highest BCUT2D eigenvalue weighted by Crippen LogP contribution is 2.19. The summed E-state index contributed by atoms with van der Waals surface area (Å²) in [6.45, 7) is 0. The number of hydrogen-bond acceptors (Lipinski definition) is 1. The van der Waals surface area contributed by atoms with Crippen LogP contribution >= 0.6 is 0 Å². The van der Waals surface area contributed by atoms with Gasteiger partial charge in [-0.25, -0.2) is 0 Å². The normalized spacial score (nSPS) is 10.6. The van der Waals surface area contributed by atoms with Gasteiger partial charge in [0, 0.05) is 29.2 Å². The van der Waals surface area contributed by atoms with Crippen LogP contribution in [0.3, 0.4) is 0 Å². The monoisotopic (exact) mass is 264 g/mol. The second-order valence-corrected chi connectivity index (χ2v) is 4.77. The molecule has 1 amide bonds. The third kappa shape index (κ3) is 2.72. The number of aryl methyl sites for hydroxylation is 1. The summed E-state index contributed by atoms with van der Waals surface area (Å²) in [5.41, 5.74) is 3.16. The zero-order valence-electron chi connectivity index (χ0n) is 11.1. The highest BCUT2D eigenvalue weighted by Gasteiger charge is 2.06. The van der Waals surface area contributed by atoms with Crippen molar-refractivity contribution in [2.45, 2.75) is 12.8 Å². The average Bonchev–Trinajstić information content (AvgIpc) is 2.95. The van der Waals surface area contributed by atoms with Gasteiger partial charge >= 0.3 is 0 Å². The lowest BCUT2D eigenvalue weighted by Crippen LogP contribution is -2.12. The van der Waals surface area contributed by atoms with Crippen molar-refractivity contribution >= 4 is 22.5 Å². The second kappa shape index (κ2) is 5.61. The van der Waals surface area contributed by atoms with Crippen LogP contribution in [-0.4, -0.2) is 10.9 Å². The van der Waals surface area contributed by atoms with Gasteiger partial charge in [-0.2, -0.15) is 0 Å². The number of fused-ring (bicyclic) bond motifs is 1. The van der Waals surface area contributed by atoms with Gasteiger partial charge < -0.3 is 10.3 Å². The molecule has 0 bridgehead atoms. The van der Waals surface area contributed by atoms with Gasteiger partial charge in [0.1, 0.15) is 0 Å². The summed E-state index contributed by atoms with van der Waals surface area (Å²) in [6.07, 6.45) is 3.16. The first kappa shape index (κ1) is 12.5. The molecule has 3 heteroatoms. The van der Waals surface area contributed by atoms with Gasteiger partial charge in [-0.1, -0.05) is 30.3 Å². The molecule has 0 spiro atoms. The van der Waals surface area contributed by atoms with Crippen LogP contribution in [-0.2, 0) is 11.2 Å². The maximum atomic E-state index is 11.9. The Labute approximate surface area is 117 Å². The maximum absolute atomic E-state index is 11.9. The van der Waals surface area contributed by atoms with Gasteiger partial charge in [0.25, 0.3) is 0 Å². The van der Waals surface area contributed by atoms with Gasteiger partial charge in [0.05, 0.1) is 0 Å². The van der Waals surface area contributed by atoms with E-state index >= 15 is 0 Å². The van der Waals surface area contributed by atoms with Crippen LogP contribution < -0.4 is 5.32 Å². The van der Waals surface area contributed by atoms with Crippen LogP contribution in [0.4, 0.5) is 5.69 Å². The zero-order valence-corrected chi connectivity index (χ0v) is 11.1. The zero-order chi connectivity index (χ0) is 13.8. The number of carbonyl (C=O) groups is 1. The first-order valence-corrected chi connectivity index (χ1v) is 6.73. The van der Waals surface area contributed by atoms with Crippen molar-refractivity contribution in [1.82, 2.24) is 4.98 Å². The summed E-state index contributed by atoms with van der Waals surface area (Å²) in [7, 11) is 0. The van der Waals surface area contributed by atoms with Crippen molar-refractivity contribution in [2.24, 2.45) is 0 Å². The maximum Gasteiger partial charge on any atom is 0.224 e. The molecule has 3 nitrogen and oxygen atoms in total. The number of hydrogen-bond donors (Lipinski definition) is 2. The number of nitrogens with one attached hydrogen (secondary N) is 2. The molecule has 1 heterocycles. The predicted molar refractivity (Wildman–Crippen MR) is 81.7 cm³/mol. The van der Waals surface area contributed by atoms with Gasteiger partial charge in [-0.15, -0.1) is 0 Å². The van der Waals surface area contributed by atoms with Crippen molar-refractivity contribution in [3.05, 3.63) is 66.4 Å². The van der Waals surface area contributed by atoms with E-state index in [4.69, 9.17) is 0 Å². The van der Waals surface area contributed by atoms with Crippen molar-refractivity contribution in [2.75, 3.05) is 5.32 Å². The Morgan fingerprint density at radius 3 is 2.70 bits per heavy atom. The lowest BCUT2D eigenvalue weighted by molar-refractivity contribution is -0.116. The summed E-state index contributed by atoms with van der Waals surface area (Å²) in [5, 5.41) is 4.10. The summed E-state index contributed by atoms with van der Waals surface area (Å²) in [6, 6.07) is 17.7. The van der Waals surface area contributed by atoms with Crippen LogP contribution in [0.5, 0.6) is 0 Å². The first-order chi connectivity index (χ1) is 9.83. The van der Waals surface area contributed by atoms with E-state index in [9.17, 15) is 4.79 Å². The molecule has 0 aliphatic rings. The average molecular weight is 264 g/mol. The number of benzene rings is 2. The van der Waals surface area contributed by atoms with E-state index in [2.05, 4.69) is 22.4 Å². The van der Waals surface area contributed by atoms with E-state index in [-0.39, 0.29) is 5.91 Å². The largest absolute Gasteiger partial charge is 0.361 e. The van der Waals surface area contributed by atoms with Gasteiger partial charge in [0.15, 0.2) is 0 Å². The Hall–Kier alpha value is -2.55. The van der Waals surface area contributed by atoms with Crippen molar-refractivity contribution < 1.29 is 4.79 Å². The molecule has 0 radical (unpaired) electrons. The minimum atomic E-state index is 0.0451. The highest BCUT2D eigenvalue weighted by molar-refractivity contribution is 5.91. The minimum Gasteiger partial charge on any atom is -0.361 e. The molecule has 100 valence electrons. The van der Waals surface area contributed by atoms with Gasteiger partial charge in [0.2, 0.25) is 5.91 Å². The molecule has 0 atom stereocenters. The summed E-state index contributed by atoms with van der Waals surface area (Å²) >= 11 is 0. The summed E-state index contributed by atoms with van der Waals surface area (Å²) < 4.78 is 0. The molecule has 2 aromatic carbocycles. The number of aromatic nitrogens is 1. The van der Waals surface area contributed by atoms with E-state index in [1.54, 1.807) is 0 Å². The highest BCUT2D eigenvalue weighted by atomic mass is 16.1. The van der Waals surface area contributed by atoms with Crippen LogP contribution in [0.15, 0.2) is 60.8 Å². The molecule has 3 aromatic rings. The Balaban J connectivity index is 1.65. The molecular weight excluding hydrogens is 248 g/mol. The number of rotatable bonds is 4. The van der Waals surface area contributed by atoms with Gasteiger partial charge in [-0.3, -0.25) is 4.79 Å². The third-order valence-electron chi connectivity index (χ3n) is 3.36.